The standard InChI is InChI=1S/C26H32N2O2/c1-25(2)23-17-20-11-7-8-12-21(20)26(25,3)13-14-28(23)24(29)27-15-16-30-18-22(27)19-9-5-4-6-10-19/h4-12,22-23H,13-18H2,1-3H3/t22-,23-,26-/m0/s1. The topological polar surface area (TPSA) is 32.8 Å². The minimum atomic E-state index is -0.0141. The average molecular weight is 405 g/mol. The highest BCUT2D eigenvalue weighted by atomic mass is 16.5. The first-order valence-corrected chi connectivity index (χ1v) is 11.2. The summed E-state index contributed by atoms with van der Waals surface area (Å²) in [6.07, 6.45) is 1.93. The summed E-state index contributed by atoms with van der Waals surface area (Å²) in [4.78, 5) is 18.2. The Morgan fingerprint density at radius 2 is 1.70 bits per heavy atom. The summed E-state index contributed by atoms with van der Waals surface area (Å²) in [5.41, 5.74) is 4.15. The maximum Gasteiger partial charge on any atom is 0.320 e. The van der Waals surface area contributed by atoms with Crippen molar-refractivity contribution in [2.45, 2.75) is 51.1 Å². The van der Waals surface area contributed by atoms with Gasteiger partial charge in [0.1, 0.15) is 0 Å². The van der Waals surface area contributed by atoms with Crippen LogP contribution in [0.3, 0.4) is 0 Å². The molecule has 0 N–H and O–H groups in total. The fourth-order valence-electron chi connectivity index (χ4n) is 6.05. The highest BCUT2D eigenvalue weighted by molar-refractivity contribution is 5.76. The van der Waals surface area contributed by atoms with Crippen molar-refractivity contribution in [1.82, 2.24) is 9.80 Å². The molecule has 0 aromatic heterocycles. The van der Waals surface area contributed by atoms with Gasteiger partial charge in [-0.25, -0.2) is 4.79 Å². The van der Waals surface area contributed by atoms with E-state index in [-0.39, 0.29) is 28.9 Å². The lowest BCUT2D eigenvalue weighted by Gasteiger charge is -2.61. The van der Waals surface area contributed by atoms with Gasteiger partial charge in [0.05, 0.1) is 19.3 Å². The number of rotatable bonds is 1. The molecule has 0 saturated carbocycles. The van der Waals surface area contributed by atoms with E-state index >= 15 is 0 Å². The van der Waals surface area contributed by atoms with Crippen LogP contribution in [0.1, 0.15) is 49.9 Å². The molecule has 158 valence electrons. The van der Waals surface area contributed by atoms with E-state index < -0.39 is 0 Å². The number of ether oxygens (including phenoxy) is 1. The highest BCUT2D eigenvalue weighted by Crippen LogP contribution is 2.56. The van der Waals surface area contributed by atoms with E-state index in [4.69, 9.17) is 4.74 Å². The molecule has 2 amide bonds. The van der Waals surface area contributed by atoms with E-state index in [0.717, 1.165) is 24.9 Å². The second-order valence-corrected chi connectivity index (χ2v) is 9.85. The van der Waals surface area contributed by atoms with Crippen molar-refractivity contribution >= 4 is 6.03 Å². The monoisotopic (exact) mass is 404 g/mol. The zero-order chi connectivity index (χ0) is 20.9. The fourth-order valence-corrected chi connectivity index (χ4v) is 6.05. The molecule has 2 aliphatic heterocycles. The first-order valence-electron chi connectivity index (χ1n) is 11.2. The molecule has 4 heteroatoms. The Hall–Kier alpha value is -2.33. The van der Waals surface area contributed by atoms with Gasteiger partial charge >= 0.3 is 6.03 Å². The fraction of sp³-hybridized carbons (Fsp3) is 0.500. The number of hydrogen-bond acceptors (Lipinski definition) is 2. The Bertz CT molecular complexity index is 941. The molecule has 3 atom stereocenters. The van der Waals surface area contributed by atoms with Crippen molar-refractivity contribution < 1.29 is 9.53 Å². The lowest BCUT2D eigenvalue weighted by molar-refractivity contribution is -0.0425. The van der Waals surface area contributed by atoms with Crippen LogP contribution in [0.2, 0.25) is 0 Å². The zero-order valence-electron chi connectivity index (χ0n) is 18.3. The quantitative estimate of drug-likeness (QED) is 0.684. The number of fused-ring (bicyclic) bond motifs is 4. The van der Waals surface area contributed by atoms with E-state index in [9.17, 15) is 4.79 Å². The molecule has 2 bridgehead atoms. The summed E-state index contributed by atoms with van der Waals surface area (Å²) < 4.78 is 5.78. The van der Waals surface area contributed by atoms with Gasteiger partial charge < -0.3 is 14.5 Å². The number of nitrogens with zero attached hydrogens (tertiary/aromatic N) is 2. The lowest BCUT2D eigenvalue weighted by atomic mass is 9.51. The van der Waals surface area contributed by atoms with Crippen LogP contribution in [-0.4, -0.2) is 48.2 Å². The van der Waals surface area contributed by atoms with Crippen LogP contribution >= 0.6 is 0 Å². The third-order valence-corrected chi connectivity index (χ3v) is 8.31. The summed E-state index contributed by atoms with van der Waals surface area (Å²) in [6.45, 7) is 9.77. The van der Waals surface area contributed by atoms with Crippen LogP contribution in [-0.2, 0) is 16.6 Å². The number of amides is 2. The minimum Gasteiger partial charge on any atom is -0.377 e. The van der Waals surface area contributed by atoms with Crippen LogP contribution in [0.5, 0.6) is 0 Å². The predicted octanol–water partition coefficient (Wildman–Crippen LogP) is 4.79. The number of likely N-dealkylation sites (tertiary alicyclic amines) is 1. The van der Waals surface area contributed by atoms with Gasteiger partial charge in [0.25, 0.3) is 0 Å². The zero-order valence-corrected chi connectivity index (χ0v) is 18.3. The number of carbonyl (C=O) groups is 1. The molecule has 3 aliphatic rings. The molecular weight excluding hydrogens is 372 g/mol. The second-order valence-electron chi connectivity index (χ2n) is 9.85. The molecule has 30 heavy (non-hydrogen) atoms. The van der Waals surface area contributed by atoms with Crippen LogP contribution in [0.4, 0.5) is 4.79 Å². The third-order valence-electron chi connectivity index (χ3n) is 8.31. The molecule has 2 saturated heterocycles. The molecule has 1 aliphatic carbocycles. The molecule has 0 spiro atoms. The van der Waals surface area contributed by atoms with Gasteiger partial charge in [0.2, 0.25) is 0 Å². The van der Waals surface area contributed by atoms with Crippen molar-refractivity contribution in [3.63, 3.8) is 0 Å². The molecular formula is C26H32N2O2. The lowest BCUT2D eigenvalue weighted by Crippen LogP contribution is -2.67. The average Bonchev–Trinajstić information content (AvgIpc) is 2.76. The Morgan fingerprint density at radius 3 is 2.50 bits per heavy atom. The van der Waals surface area contributed by atoms with Crippen molar-refractivity contribution in [3.8, 4) is 0 Å². The van der Waals surface area contributed by atoms with Crippen LogP contribution in [0.15, 0.2) is 54.6 Å². The molecule has 4 nitrogen and oxygen atoms in total. The molecule has 0 radical (unpaired) electrons. The number of urea groups is 1. The van der Waals surface area contributed by atoms with E-state index in [0.29, 0.717) is 19.8 Å². The summed E-state index contributed by atoms with van der Waals surface area (Å²) >= 11 is 0. The van der Waals surface area contributed by atoms with Crippen molar-refractivity contribution in [1.29, 1.82) is 0 Å². The van der Waals surface area contributed by atoms with Crippen molar-refractivity contribution in [3.05, 3.63) is 71.3 Å². The Morgan fingerprint density at radius 1 is 0.967 bits per heavy atom. The molecule has 2 aromatic rings. The highest BCUT2D eigenvalue weighted by Gasteiger charge is 2.57. The summed E-state index contributed by atoms with van der Waals surface area (Å²) in [6, 6.07) is 19.5. The normalized spacial score (nSPS) is 30.0. The molecule has 0 unspecified atom stereocenters. The molecule has 2 fully saturated rings. The van der Waals surface area contributed by atoms with Gasteiger partial charge in [-0.05, 0) is 34.9 Å². The number of carbonyl (C=O) groups excluding carboxylic acids is 1. The van der Waals surface area contributed by atoms with E-state index in [2.05, 4.69) is 67.0 Å². The SMILES string of the molecule is CC1(C)[C@@H]2Cc3ccccc3[C@]1(C)CCN2C(=O)N1CCOC[C@H]1c1ccccc1. The van der Waals surface area contributed by atoms with Crippen LogP contribution < -0.4 is 0 Å². The molecule has 5 rings (SSSR count). The number of benzene rings is 2. The van der Waals surface area contributed by atoms with E-state index in [1.165, 1.54) is 11.1 Å². The Labute approximate surface area is 179 Å². The van der Waals surface area contributed by atoms with Gasteiger partial charge in [-0.15, -0.1) is 0 Å². The summed E-state index contributed by atoms with van der Waals surface area (Å²) in [5, 5.41) is 0. The van der Waals surface area contributed by atoms with E-state index in [1.54, 1.807) is 0 Å². The minimum absolute atomic E-state index is 0.0141. The second kappa shape index (κ2) is 7.12. The van der Waals surface area contributed by atoms with Crippen LogP contribution in [0.25, 0.3) is 0 Å². The van der Waals surface area contributed by atoms with Gasteiger partial charge in [0, 0.05) is 24.5 Å². The summed E-state index contributed by atoms with van der Waals surface area (Å²) in [7, 11) is 0. The molecule has 2 aromatic carbocycles. The number of hydrogen-bond donors (Lipinski definition) is 0. The van der Waals surface area contributed by atoms with Gasteiger partial charge in [-0.1, -0.05) is 75.4 Å². The Kier molecular flexibility index (Phi) is 4.66. The first kappa shape index (κ1) is 19.6. The first-order chi connectivity index (χ1) is 14.4. The Balaban J connectivity index is 1.48. The van der Waals surface area contributed by atoms with Crippen molar-refractivity contribution in [2.75, 3.05) is 26.3 Å². The van der Waals surface area contributed by atoms with E-state index in [1.807, 2.05) is 18.2 Å². The summed E-state index contributed by atoms with van der Waals surface area (Å²) in [5.74, 6) is 0. The largest absolute Gasteiger partial charge is 0.377 e. The van der Waals surface area contributed by atoms with Gasteiger partial charge in [0.15, 0.2) is 0 Å². The maximum absolute atomic E-state index is 13.9. The maximum atomic E-state index is 13.9. The number of piperidine rings is 1. The smallest absolute Gasteiger partial charge is 0.320 e. The van der Waals surface area contributed by atoms with Crippen LogP contribution in [0, 0.1) is 5.41 Å². The predicted molar refractivity (Wildman–Crippen MR) is 118 cm³/mol. The van der Waals surface area contributed by atoms with Gasteiger partial charge in [-0.3, -0.25) is 0 Å². The number of morpholine rings is 1. The van der Waals surface area contributed by atoms with Gasteiger partial charge in [-0.2, -0.15) is 0 Å². The van der Waals surface area contributed by atoms with Crippen molar-refractivity contribution in [2.24, 2.45) is 5.41 Å². The third kappa shape index (κ3) is 2.80. The molecule has 2 heterocycles.